The first kappa shape index (κ1) is 67.2. The first-order valence-electron chi connectivity index (χ1n) is 20.8. The second kappa shape index (κ2) is 64.2. The van der Waals surface area contributed by atoms with Crippen molar-refractivity contribution in [3.63, 3.8) is 0 Å². The number of hydrogen-bond acceptors (Lipinski definition) is 0. The first-order valence-corrected chi connectivity index (χ1v) is 22.5. The summed E-state index contributed by atoms with van der Waals surface area (Å²) in [4.78, 5) is 0. The molecular formula is CH5B61S. The zero-order valence-electron chi connectivity index (χ0n) is 37.0. The molecule has 0 rings (SSSR count). The molecule has 63 heavy (non-hydrogen) atoms. The molecule has 198 valence electrons. The van der Waals surface area contributed by atoms with Gasteiger partial charge in [-0.15, -0.1) is 0 Å². The molecule has 0 bridgehead atoms. The predicted octanol–water partition coefficient (Wildman–Crippen LogP) is -23.0. The van der Waals surface area contributed by atoms with Crippen molar-refractivity contribution in [1.29, 1.82) is 0 Å². The van der Waals surface area contributed by atoms with Crippen LogP contribution in [0.1, 0.15) is 0 Å². The van der Waals surface area contributed by atoms with Crippen molar-refractivity contribution in [3.05, 3.63) is 0 Å². The summed E-state index contributed by atoms with van der Waals surface area (Å²) in [5, 5.41) is 0. The first-order chi connectivity index (χ1) is 31.3. The standard InChI is InChI=1S/CH5B61S/c1-63(3)62-61-60-59-58-57-56-55-54-53-52-51-50-49-48-47-46-45-44-43-42-41-40-39-38-37-36-35-34-33-32-31-30-29-28-27-26-25-24-23-22-21-20-19-18-17-16-15-14-13-12-11-10-9-8-7-6-5-4-2/h2H2,1H3. The van der Waals surface area contributed by atoms with Crippen molar-refractivity contribution < 1.29 is 0 Å². The minimum absolute atomic E-state index is 0.156. The predicted molar refractivity (Wildman–Crippen MR) is 367 cm³/mol. The Balaban J connectivity index is 4.09. The summed E-state index contributed by atoms with van der Waals surface area (Å²) in [7, 11) is 1.84. The summed E-state index contributed by atoms with van der Waals surface area (Å²) in [5.41, 5.74) is 0. The second-order valence-electron chi connectivity index (χ2n) is 12.0. The topological polar surface area (TPSA) is 0 Å². The molecule has 0 nitrogen and oxygen atoms in total. The molecule has 62 heteroatoms. The maximum absolute atomic E-state index is 5.67. The molecule has 0 atom stereocenters. The van der Waals surface area contributed by atoms with Crippen molar-refractivity contribution in [2.45, 2.75) is 0 Å². The minimum atomic E-state index is -0.156. The van der Waals surface area contributed by atoms with Crippen LogP contribution in [0, 0.1) is 0 Å². The molecule has 0 N–H and O–H groups in total. The van der Waals surface area contributed by atoms with Crippen LogP contribution in [0.15, 0.2) is 0 Å². The molecule has 0 aliphatic heterocycles. The van der Waals surface area contributed by atoms with Crippen LogP contribution in [-0.2, 0) is 0 Å². The van der Waals surface area contributed by atoms with Crippen LogP contribution >= 0.6 is 9.56 Å². The van der Waals surface area contributed by atoms with Crippen molar-refractivity contribution in [1.82, 2.24) is 0 Å². The summed E-state index contributed by atoms with van der Waals surface area (Å²) in [6.45, 7) is 121. The molecule has 0 saturated heterocycles. The molecule has 0 aromatic heterocycles. The van der Waals surface area contributed by atoms with E-state index in [4.69, 9.17) is 6.53 Å². The van der Waals surface area contributed by atoms with Gasteiger partial charge in [0, 0.05) is 0 Å². The van der Waals surface area contributed by atoms with E-state index in [1.165, 1.54) is 0 Å². The fourth-order valence-electron chi connectivity index (χ4n) is 3.81. The molecule has 0 aliphatic carbocycles. The molecular weight excluding hydrogens is 704 g/mol. The second-order valence-corrected chi connectivity index (χ2v) is 13.5. The summed E-state index contributed by atoms with van der Waals surface area (Å²) in [6, 6.07) is 1.97. The van der Waals surface area contributed by atoms with Gasteiger partial charge in [-0.25, -0.2) is 0 Å². The number of rotatable bonds is 29. The Morgan fingerprint density at radius 2 is 0.286 bits per heavy atom. The van der Waals surface area contributed by atoms with E-state index in [0.717, 1.165) is 0 Å². The summed E-state index contributed by atoms with van der Waals surface area (Å²) in [5.74, 6) is 0. The van der Waals surface area contributed by atoms with Crippen molar-refractivity contribution in [2.24, 2.45) is 0 Å². The Bertz CT molecular complexity index is 2250. The fourth-order valence-corrected chi connectivity index (χ4v) is 4.15. The maximum atomic E-state index is 5.67. The molecule has 0 heterocycles. The van der Waals surface area contributed by atoms with Crippen LogP contribution in [0.5, 0.6) is 0 Å². The van der Waals surface area contributed by atoms with Crippen molar-refractivity contribution in [2.75, 3.05) is 6.26 Å². The molecule has 0 aromatic carbocycles. The van der Waals surface area contributed by atoms with Crippen LogP contribution in [0.4, 0.5) is 0 Å². The van der Waals surface area contributed by atoms with E-state index < -0.39 is 0 Å². The van der Waals surface area contributed by atoms with Crippen LogP contribution in [-0.4, -0.2) is 415 Å². The zero-order chi connectivity index (χ0) is 45.3. The zero-order valence-corrected chi connectivity index (χ0v) is 37.9. The summed E-state index contributed by atoms with van der Waals surface area (Å²) < 4.78 is 0. The van der Waals surface area contributed by atoms with E-state index in [1.54, 1.807) is 0 Å². The molecule has 0 aromatic rings. The van der Waals surface area contributed by atoms with Gasteiger partial charge in [0.2, 0.25) is 0 Å². The van der Waals surface area contributed by atoms with Gasteiger partial charge in [-0.1, -0.05) is 0 Å². The Morgan fingerprint density at radius 3 is 0.381 bits per heavy atom. The van der Waals surface area contributed by atoms with E-state index >= 15 is 0 Å². The quantitative estimate of drug-likeness (QED) is 0.0679. The van der Waals surface area contributed by atoms with Crippen LogP contribution in [0.3, 0.4) is 0 Å². The van der Waals surface area contributed by atoms with Gasteiger partial charge >= 0.3 is 424 Å². The molecule has 0 unspecified atom stereocenters. The van der Waals surface area contributed by atoms with Crippen molar-refractivity contribution in [3.8, 4) is 0 Å². The van der Waals surface area contributed by atoms with E-state index in [0.29, 0.717) is 0 Å². The third-order valence-electron chi connectivity index (χ3n) is 6.71. The SMILES string of the molecule is B#S(C)=BB=BB=BB=BB=BB=BB=BB=BB=BB=BB=BB=BB=BB=BB=BB=BB=BB=BB=BB=BB=BB=BB=BB=BB=BB=BB=BB=BB=BB=BB. The molecule has 0 saturated carbocycles. The van der Waals surface area contributed by atoms with Gasteiger partial charge in [0.15, 0.2) is 0 Å². The number of hydrogen-bond donors (Lipinski definition) is 0. The van der Waals surface area contributed by atoms with Crippen LogP contribution in [0.25, 0.3) is 0 Å². The fraction of sp³-hybridized carbons (Fsp3) is 1.00. The molecule has 0 fully saturated rings. The van der Waals surface area contributed by atoms with Gasteiger partial charge < -0.3 is 0 Å². The normalized spacial score (nSPS) is 8.21. The third kappa shape index (κ3) is 66.2. The van der Waals surface area contributed by atoms with Gasteiger partial charge in [0.1, 0.15) is 0 Å². The average Bonchev–Trinajstić information content (AvgIpc) is 3.28. The van der Waals surface area contributed by atoms with Gasteiger partial charge in [-0.05, 0) is 0 Å². The Hall–Kier alpha value is 4.18. The van der Waals surface area contributed by atoms with E-state index in [9.17, 15) is 0 Å². The molecule has 0 amide bonds. The monoisotopic (exact) mass is 721 g/mol. The average molecular weight is 709 g/mol. The molecule has 0 radical (unpaired) electrons. The third-order valence-corrected chi connectivity index (χ3v) is 7.29. The molecule has 0 spiro atoms. The van der Waals surface area contributed by atoms with Gasteiger partial charge in [-0.2, -0.15) is 0 Å². The summed E-state index contributed by atoms with van der Waals surface area (Å²) >= 11 is 0. The Morgan fingerprint density at radius 1 is 0.190 bits per heavy atom. The summed E-state index contributed by atoms with van der Waals surface area (Å²) in [6.07, 6.45) is 1.97. The van der Waals surface area contributed by atoms with Gasteiger partial charge in [0.25, 0.3) is 0 Å². The molecule has 0 aliphatic rings. The van der Waals surface area contributed by atoms with Gasteiger partial charge in [0.05, 0.1) is 0 Å². The Labute approximate surface area is 420 Å². The van der Waals surface area contributed by atoms with Crippen LogP contribution in [0.2, 0.25) is 0 Å². The van der Waals surface area contributed by atoms with Gasteiger partial charge in [-0.3, -0.25) is 0 Å². The van der Waals surface area contributed by atoms with E-state index in [-0.39, 0.29) is 9.56 Å². The van der Waals surface area contributed by atoms with E-state index in [1.807, 2.05) is 408 Å². The van der Waals surface area contributed by atoms with E-state index in [2.05, 4.69) is 0 Å². The Kier molecular flexibility index (Phi) is 68.5. The van der Waals surface area contributed by atoms with Crippen molar-refractivity contribution >= 4 is 418 Å². The van der Waals surface area contributed by atoms with Crippen LogP contribution < -0.4 is 0 Å².